The molecule has 1 saturated heterocycles. The van der Waals surface area contributed by atoms with E-state index in [2.05, 4.69) is 15.9 Å². The molecule has 1 aliphatic heterocycles. The molecule has 0 N–H and O–H groups in total. The third-order valence-electron chi connectivity index (χ3n) is 3.78. The summed E-state index contributed by atoms with van der Waals surface area (Å²) in [6.45, 7) is 8.16. The highest BCUT2D eigenvalue weighted by molar-refractivity contribution is 9.10. The van der Waals surface area contributed by atoms with E-state index in [9.17, 15) is 14.0 Å². The Morgan fingerprint density at radius 1 is 1.32 bits per heavy atom. The average molecular weight is 436 g/mol. The molecule has 0 spiro atoms. The first-order valence-corrected chi connectivity index (χ1v) is 9.10. The number of halogens is 3. The first kappa shape index (κ1) is 20.0. The van der Waals surface area contributed by atoms with Crippen molar-refractivity contribution in [2.45, 2.75) is 39.3 Å². The number of carbonyl (C=O) groups is 2. The molecule has 5 nitrogen and oxygen atoms in total. The van der Waals surface area contributed by atoms with Crippen molar-refractivity contribution in [1.82, 2.24) is 9.80 Å². The molecule has 25 heavy (non-hydrogen) atoms. The van der Waals surface area contributed by atoms with Crippen molar-refractivity contribution in [3.05, 3.63) is 33.0 Å². The summed E-state index contributed by atoms with van der Waals surface area (Å²) >= 11 is 9.10. The van der Waals surface area contributed by atoms with E-state index in [1.165, 1.54) is 17.0 Å². The maximum Gasteiger partial charge on any atom is 0.410 e. The van der Waals surface area contributed by atoms with Gasteiger partial charge in [0, 0.05) is 30.1 Å². The summed E-state index contributed by atoms with van der Waals surface area (Å²) in [5, 5.41) is 0.269. The zero-order chi connectivity index (χ0) is 18.9. The fourth-order valence-corrected chi connectivity index (χ4v) is 3.07. The maximum absolute atomic E-state index is 14.1. The summed E-state index contributed by atoms with van der Waals surface area (Å²) in [6, 6.07) is 2.26. The van der Waals surface area contributed by atoms with Gasteiger partial charge in [0.15, 0.2) is 0 Å². The zero-order valence-electron chi connectivity index (χ0n) is 14.6. The summed E-state index contributed by atoms with van der Waals surface area (Å²) < 4.78 is 19.9. The van der Waals surface area contributed by atoms with Gasteiger partial charge in [-0.25, -0.2) is 9.18 Å². The summed E-state index contributed by atoms with van der Waals surface area (Å²) in [6.07, 6.45) is -0.412. The molecule has 1 aromatic rings. The lowest BCUT2D eigenvalue weighted by Crippen LogP contribution is -2.56. The first-order valence-electron chi connectivity index (χ1n) is 7.93. The van der Waals surface area contributed by atoms with Gasteiger partial charge in [0.2, 0.25) is 0 Å². The Balaban J connectivity index is 2.09. The lowest BCUT2D eigenvalue weighted by molar-refractivity contribution is 0.00190. The Bertz CT molecular complexity index is 693. The number of piperazine rings is 1. The van der Waals surface area contributed by atoms with Gasteiger partial charge in [0.05, 0.1) is 10.6 Å². The van der Waals surface area contributed by atoms with Crippen molar-refractivity contribution < 1.29 is 18.7 Å². The van der Waals surface area contributed by atoms with Crippen LogP contribution >= 0.6 is 27.5 Å². The highest BCUT2D eigenvalue weighted by Crippen LogP contribution is 2.27. The molecule has 0 unspecified atom stereocenters. The highest BCUT2D eigenvalue weighted by atomic mass is 79.9. The number of benzene rings is 1. The lowest BCUT2D eigenvalue weighted by atomic mass is 10.1. The molecule has 1 aliphatic rings. The SMILES string of the molecule is C[C@H]1CN(C(=O)c2cc(Cl)c(Br)cc2F)CCN1C(=O)OC(C)(C)C. The van der Waals surface area contributed by atoms with Crippen molar-refractivity contribution in [2.75, 3.05) is 19.6 Å². The van der Waals surface area contributed by atoms with Crippen LogP contribution in [0, 0.1) is 5.82 Å². The molecule has 2 amide bonds. The molecule has 0 bridgehead atoms. The predicted octanol–water partition coefficient (Wildman–Crippen LogP) is 4.32. The van der Waals surface area contributed by atoms with Gasteiger partial charge in [-0.05, 0) is 55.8 Å². The van der Waals surface area contributed by atoms with Crippen LogP contribution in [-0.4, -0.2) is 53.1 Å². The van der Waals surface area contributed by atoms with Gasteiger partial charge in [0.25, 0.3) is 5.91 Å². The molecule has 138 valence electrons. The third-order valence-corrected chi connectivity index (χ3v) is 4.98. The van der Waals surface area contributed by atoms with Crippen LogP contribution in [0.15, 0.2) is 16.6 Å². The Labute approximate surface area is 160 Å². The molecular weight excluding hydrogens is 415 g/mol. The van der Waals surface area contributed by atoms with E-state index >= 15 is 0 Å². The summed E-state index contributed by atoms with van der Waals surface area (Å²) in [7, 11) is 0. The molecule has 8 heteroatoms. The van der Waals surface area contributed by atoms with Crippen LogP contribution in [0.5, 0.6) is 0 Å². The minimum Gasteiger partial charge on any atom is -0.444 e. The van der Waals surface area contributed by atoms with E-state index in [1.807, 2.05) is 6.92 Å². The van der Waals surface area contributed by atoms with Crippen LogP contribution < -0.4 is 0 Å². The Hall–Kier alpha value is -1.34. The minimum absolute atomic E-state index is 0.0777. The van der Waals surface area contributed by atoms with E-state index in [1.54, 1.807) is 25.7 Å². The van der Waals surface area contributed by atoms with Crippen molar-refractivity contribution in [3.63, 3.8) is 0 Å². The molecule has 1 heterocycles. The smallest absolute Gasteiger partial charge is 0.410 e. The number of hydrogen-bond donors (Lipinski definition) is 0. The van der Waals surface area contributed by atoms with Crippen LogP contribution in [0.1, 0.15) is 38.1 Å². The van der Waals surface area contributed by atoms with Crippen LogP contribution in [0.25, 0.3) is 0 Å². The molecular formula is C17H21BrClFN2O3. The summed E-state index contributed by atoms with van der Waals surface area (Å²) in [5.41, 5.74) is -0.660. The van der Waals surface area contributed by atoms with Gasteiger partial charge in [-0.15, -0.1) is 0 Å². The van der Waals surface area contributed by atoms with E-state index in [0.717, 1.165) is 0 Å². The summed E-state index contributed by atoms with van der Waals surface area (Å²) in [5.74, 6) is -1.08. The van der Waals surface area contributed by atoms with E-state index in [4.69, 9.17) is 16.3 Å². The lowest BCUT2D eigenvalue weighted by Gasteiger charge is -2.40. The molecule has 2 rings (SSSR count). The summed E-state index contributed by atoms with van der Waals surface area (Å²) in [4.78, 5) is 27.9. The van der Waals surface area contributed by atoms with E-state index in [0.29, 0.717) is 24.1 Å². The molecule has 1 atom stereocenters. The van der Waals surface area contributed by atoms with Gasteiger partial charge in [-0.1, -0.05) is 11.6 Å². The molecule has 0 aliphatic carbocycles. The van der Waals surface area contributed by atoms with Gasteiger partial charge in [-0.3, -0.25) is 4.79 Å². The van der Waals surface area contributed by atoms with Gasteiger partial charge in [-0.2, -0.15) is 0 Å². The number of hydrogen-bond acceptors (Lipinski definition) is 3. The second-order valence-corrected chi connectivity index (χ2v) is 8.28. The maximum atomic E-state index is 14.1. The fourth-order valence-electron chi connectivity index (χ4n) is 2.59. The zero-order valence-corrected chi connectivity index (χ0v) is 16.9. The monoisotopic (exact) mass is 434 g/mol. The molecule has 0 saturated carbocycles. The Morgan fingerprint density at radius 2 is 1.96 bits per heavy atom. The fraction of sp³-hybridized carbons (Fsp3) is 0.529. The second-order valence-electron chi connectivity index (χ2n) is 7.02. The standard InChI is InChI=1S/C17H21BrClFN2O3/c1-10-9-21(5-6-22(10)16(24)25-17(2,3)4)15(23)11-7-13(19)12(18)8-14(11)20/h7-8,10H,5-6,9H2,1-4H3/t10-/m0/s1. The molecule has 1 fully saturated rings. The number of ether oxygens (including phenoxy) is 1. The van der Waals surface area contributed by atoms with Crippen LogP contribution in [0.3, 0.4) is 0 Å². The first-order chi connectivity index (χ1) is 11.5. The second kappa shape index (κ2) is 7.50. The van der Waals surface area contributed by atoms with Gasteiger partial charge < -0.3 is 14.5 Å². The van der Waals surface area contributed by atoms with Crippen molar-refractivity contribution in [1.29, 1.82) is 0 Å². The topological polar surface area (TPSA) is 49.9 Å². The van der Waals surface area contributed by atoms with Crippen molar-refractivity contribution in [3.8, 4) is 0 Å². The minimum atomic E-state index is -0.636. The highest BCUT2D eigenvalue weighted by Gasteiger charge is 2.33. The number of nitrogens with zero attached hydrogens (tertiary/aromatic N) is 2. The quantitative estimate of drug-likeness (QED) is 0.617. The Morgan fingerprint density at radius 3 is 2.52 bits per heavy atom. The van der Waals surface area contributed by atoms with Crippen molar-refractivity contribution in [2.24, 2.45) is 0 Å². The van der Waals surface area contributed by atoms with Crippen LogP contribution in [0.4, 0.5) is 9.18 Å². The molecule has 1 aromatic carbocycles. The van der Waals surface area contributed by atoms with Crippen molar-refractivity contribution >= 4 is 39.5 Å². The number of rotatable bonds is 1. The van der Waals surface area contributed by atoms with Crippen LogP contribution in [-0.2, 0) is 4.74 Å². The van der Waals surface area contributed by atoms with Gasteiger partial charge in [0.1, 0.15) is 11.4 Å². The predicted molar refractivity (Wildman–Crippen MR) is 97.4 cm³/mol. The third kappa shape index (κ3) is 4.85. The number of carbonyl (C=O) groups excluding carboxylic acids is 2. The molecule has 0 radical (unpaired) electrons. The molecule has 0 aromatic heterocycles. The largest absolute Gasteiger partial charge is 0.444 e. The van der Waals surface area contributed by atoms with E-state index in [-0.39, 0.29) is 16.6 Å². The normalized spacial score (nSPS) is 18.3. The van der Waals surface area contributed by atoms with E-state index < -0.39 is 23.4 Å². The Kier molecular flexibility index (Phi) is 5.99. The van der Waals surface area contributed by atoms with Crippen LogP contribution in [0.2, 0.25) is 5.02 Å². The van der Waals surface area contributed by atoms with Gasteiger partial charge >= 0.3 is 6.09 Å². The average Bonchev–Trinajstić information content (AvgIpc) is 2.48. The number of amides is 2.